The Balaban J connectivity index is 1.70. The molecule has 0 bridgehead atoms. The van der Waals surface area contributed by atoms with Gasteiger partial charge in [-0.15, -0.1) is 0 Å². The average Bonchev–Trinajstić information content (AvgIpc) is 2.50. The normalized spacial score (nSPS) is 17.9. The van der Waals surface area contributed by atoms with E-state index < -0.39 is 0 Å². The summed E-state index contributed by atoms with van der Waals surface area (Å²) in [4.78, 5) is 2.57. The molecule has 1 aromatic carbocycles. The minimum absolute atomic E-state index is 0.213. The molecule has 0 aliphatic carbocycles. The Morgan fingerprint density at radius 1 is 1.15 bits per heavy atom. The summed E-state index contributed by atoms with van der Waals surface area (Å²) in [6.07, 6.45) is 6.42. The van der Waals surface area contributed by atoms with Crippen molar-refractivity contribution in [1.82, 2.24) is 4.90 Å². The van der Waals surface area contributed by atoms with Crippen molar-refractivity contribution in [2.24, 2.45) is 5.92 Å². The zero-order valence-electron chi connectivity index (χ0n) is 12.5. The van der Waals surface area contributed by atoms with Gasteiger partial charge >= 0.3 is 0 Å². The monoisotopic (exact) mass is 279 g/mol. The highest BCUT2D eigenvalue weighted by molar-refractivity contribution is 5.21. The van der Waals surface area contributed by atoms with Gasteiger partial charge in [-0.05, 0) is 69.1 Å². The molecule has 1 saturated heterocycles. The van der Waals surface area contributed by atoms with E-state index in [1.165, 1.54) is 57.5 Å². The van der Waals surface area contributed by atoms with Crippen LogP contribution >= 0.6 is 0 Å². The van der Waals surface area contributed by atoms with Crippen molar-refractivity contribution in [1.29, 1.82) is 0 Å². The van der Waals surface area contributed by atoms with Crippen LogP contribution in [0.15, 0.2) is 24.3 Å². The molecule has 1 fully saturated rings. The van der Waals surface area contributed by atoms with Crippen LogP contribution in [0.1, 0.15) is 39.0 Å². The molecule has 1 aromatic rings. The topological polar surface area (TPSA) is 12.5 Å². The zero-order chi connectivity index (χ0) is 14.2. The summed E-state index contributed by atoms with van der Waals surface area (Å²) in [5.41, 5.74) is 0. The van der Waals surface area contributed by atoms with Crippen LogP contribution in [0.5, 0.6) is 5.75 Å². The first-order valence-corrected chi connectivity index (χ1v) is 7.88. The Hall–Kier alpha value is -1.09. The van der Waals surface area contributed by atoms with Gasteiger partial charge in [-0.25, -0.2) is 4.39 Å². The minimum atomic E-state index is -0.213. The van der Waals surface area contributed by atoms with Gasteiger partial charge in [0, 0.05) is 0 Å². The molecule has 0 N–H and O–H groups in total. The van der Waals surface area contributed by atoms with Gasteiger partial charge < -0.3 is 9.64 Å². The molecule has 0 spiro atoms. The fraction of sp³-hybridized carbons (Fsp3) is 0.647. The summed E-state index contributed by atoms with van der Waals surface area (Å²) >= 11 is 0. The van der Waals surface area contributed by atoms with E-state index >= 15 is 0 Å². The first-order valence-electron chi connectivity index (χ1n) is 7.88. The molecule has 1 aliphatic rings. The fourth-order valence-electron chi connectivity index (χ4n) is 2.70. The fourth-order valence-corrected chi connectivity index (χ4v) is 2.70. The first kappa shape index (κ1) is 15.3. The summed E-state index contributed by atoms with van der Waals surface area (Å²) in [5, 5.41) is 0. The van der Waals surface area contributed by atoms with E-state index in [0.717, 1.165) is 18.8 Å². The third kappa shape index (κ3) is 5.12. The van der Waals surface area contributed by atoms with Gasteiger partial charge in [0.2, 0.25) is 0 Å². The van der Waals surface area contributed by atoms with Crippen LogP contribution < -0.4 is 4.74 Å². The van der Waals surface area contributed by atoms with Gasteiger partial charge in [-0.2, -0.15) is 0 Å². The van der Waals surface area contributed by atoms with Gasteiger partial charge in [0.05, 0.1) is 6.61 Å². The molecular formula is C17H26FNO. The molecule has 20 heavy (non-hydrogen) atoms. The van der Waals surface area contributed by atoms with Gasteiger partial charge in [0.15, 0.2) is 0 Å². The largest absolute Gasteiger partial charge is 0.493 e. The lowest BCUT2D eigenvalue weighted by Gasteiger charge is -2.28. The van der Waals surface area contributed by atoms with Gasteiger partial charge in [-0.3, -0.25) is 0 Å². The van der Waals surface area contributed by atoms with Crippen LogP contribution in [0.4, 0.5) is 4.39 Å². The number of hydrogen-bond acceptors (Lipinski definition) is 2. The molecule has 0 radical (unpaired) electrons. The van der Waals surface area contributed by atoms with E-state index in [2.05, 4.69) is 11.8 Å². The van der Waals surface area contributed by atoms with Crippen molar-refractivity contribution < 1.29 is 9.13 Å². The second-order valence-corrected chi connectivity index (χ2v) is 5.73. The highest BCUT2D eigenvalue weighted by Gasteiger charge is 2.13. The molecule has 1 heterocycles. The van der Waals surface area contributed by atoms with Crippen LogP contribution in [0.25, 0.3) is 0 Å². The Kier molecular flexibility index (Phi) is 6.31. The number of rotatable bonds is 7. The molecule has 1 atom stereocenters. The van der Waals surface area contributed by atoms with Crippen molar-refractivity contribution in [2.45, 2.75) is 39.0 Å². The Labute approximate surface area is 121 Å². The summed E-state index contributed by atoms with van der Waals surface area (Å²) in [5.74, 6) is 1.14. The van der Waals surface area contributed by atoms with E-state index in [4.69, 9.17) is 4.74 Å². The molecule has 0 aromatic heterocycles. The van der Waals surface area contributed by atoms with E-state index in [1.54, 1.807) is 12.1 Å². The smallest absolute Gasteiger partial charge is 0.123 e. The maximum absolute atomic E-state index is 12.8. The third-order valence-electron chi connectivity index (χ3n) is 4.18. The lowest BCUT2D eigenvalue weighted by Crippen LogP contribution is -2.32. The van der Waals surface area contributed by atoms with Crippen molar-refractivity contribution in [3.8, 4) is 5.75 Å². The Bertz CT molecular complexity index is 373. The van der Waals surface area contributed by atoms with Crippen molar-refractivity contribution in [2.75, 3.05) is 26.2 Å². The molecule has 0 saturated carbocycles. The molecule has 1 unspecified atom stereocenters. The molecule has 2 rings (SSSR count). The predicted molar refractivity (Wildman–Crippen MR) is 80.6 cm³/mol. The number of hydrogen-bond donors (Lipinski definition) is 0. The Morgan fingerprint density at radius 3 is 2.50 bits per heavy atom. The number of nitrogens with zero attached hydrogens (tertiary/aromatic N) is 1. The Morgan fingerprint density at radius 2 is 1.85 bits per heavy atom. The summed E-state index contributed by atoms with van der Waals surface area (Å²) in [6.45, 7) is 6.65. The lowest BCUT2D eigenvalue weighted by molar-refractivity contribution is 0.183. The third-order valence-corrected chi connectivity index (χ3v) is 4.18. The standard InChI is InChI=1S/C17H26FNO/c1-2-15(10-13-19-11-4-3-5-12-19)14-20-17-8-6-16(18)7-9-17/h6-9,15H,2-5,10-14H2,1H3. The molecule has 2 nitrogen and oxygen atoms in total. The highest BCUT2D eigenvalue weighted by atomic mass is 19.1. The van der Waals surface area contributed by atoms with Crippen LogP contribution in [0.2, 0.25) is 0 Å². The van der Waals surface area contributed by atoms with Gasteiger partial charge in [0.1, 0.15) is 11.6 Å². The van der Waals surface area contributed by atoms with Crippen LogP contribution in [0, 0.1) is 11.7 Å². The van der Waals surface area contributed by atoms with Gasteiger partial charge in [0.25, 0.3) is 0 Å². The van der Waals surface area contributed by atoms with Crippen molar-refractivity contribution >= 4 is 0 Å². The number of likely N-dealkylation sites (tertiary alicyclic amines) is 1. The van der Waals surface area contributed by atoms with Crippen LogP contribution in [0.3, 0.4) is 0 Å². The minimum Gasteiger partial charge on any atom is -0.493 e. The molecular weight excluding hydrogens is 253 g/mol. The second-order valence-electron chi connectivity index (χ2n) is 5.73. The number of ether oxygens (including phenoxy) is 1. The molecule has 3 heteroatoms. The van der Waals surface area contributed by atoms with Gasteiger partial charge in [-0.1, -0.05) is 19.8 Å². The van der Waals surface area contributed by atoms with Crippen molar-refractivity contribution in [3.63, 3.8) is 0 Å². The van der Waals surface area contributed by atoms with E-state index in [-0.39, 0.29) is 5.82 Å². The van der Waals surface area contributed by atoms with Crippen LogP contribution in [-0.2, 0) is 0 Å². The average molecular weight is 279 g/mol. The molecule has 0 amide bonds. The SMILES string of the molecule is CCC(CCN1CCCCC1)COc1ccc(F)cc1. The second kappa shape index (κ2) is 8.25. The van der Waals surface area contributed by atoms with E-state index in [0.29, 0.717) is 5.92 Å². The lowest BCUT2D eigenvalue weighted by atomic mass is 10.0. The first-order chi connectivity index (χ1) is 9.78. The number of piperidine rings is 1. The quantitative estimate of drug-likeness (QED) is 0.745. The summed E-state index contributed by atoms with van der Waals surface area (Å²) in [7, 11) is 0. The number of benzene rings is 1. The summed E-state index contributed by atoms with van der Waals surface area (Å²) in [6, 6.07) is 6.30. The highest BCUT2D eigenvalue weighted by Crippen LogP contribution is 2.17. The maximum Gasteiger partial charge on any atom is 0.123 e. The van der Waals surface area contributed by atoms with E-state index in [9.17, 15) is 4.39 Å². The molecule has 1 aliphatic heterocycles. The van der Waals surface area contributed by atoms with Crippen molar-refractivity contribution in [3.05, 3.63) is 30.1 Å². The zero-order valence-corrected chi connectivity index (χ0v) is 12.5. The maximum atomic E-state index is 12.8. The predicted octanol–water partition coefficient (Wildman–Crippen LogP) is 4.11. The molecule has 112 valence electrons. The van der Waals surface area contributed by atoms with E-state index in [1.807, 2.05) is 0 Å². The van der Waals surface area contributed by atoms with Crippen LogP contribution in [-0.4, -0.2) is 31.1 Å². The summed E-state index contributed by atoms with van der Waals surface area (Å²) < 4.78 is 18.6. The number of halogens is 1.